The van der Waals surface area contributed by atoms with Crippen molar-refractivity contribution in [2.45, 2.75) is 13.0 Å². The van der Waals surface area contributed by atoms with Crippen LogP contribution in [0, 0.1) is 0 Å². The van der Waals surface area contributed by atoms with E-state index in [1.807, 2.05) is 17.9 Å². The van der Waals surface area contributed by atoms with Gasteiger partial charge in [0.2, 0.25) is 17.7 Å². The lowest BCUT2D eigenvalue weighted by atomic mass is 10.2. The lowest BCUT2D eigenvalue weighted by molar-refractivity contribution is -0.131. The first-order chi connectivity index (χ1) is 12.2. The number of nitrogens with one attached hydrogen (secondary N) is 1. The Balaban J connectivity index is 1.52. The zero-order valence-electron chi connectivity index (χ0n) is 14.4. The zero-order valence-corrected chi connectivity index (χ0v) is 14.4. The van der Waals surface area contributed by atoms with Crippen LogP contribution in [0.4, 0.5) is 11.6 Å². The number of carbonyl (C=O) groups excluding carboxylic acids is 1. The fraction of sp³-hybridized carbons (Fsp3) is 0.412. The summed E-state index contributed by atoms with van der Waals surface area (Å²) in [4.78, 5) is 29.3. The summed E-state index contributed by atoms with van der Waals surface area (Å²) in [5.74, 6) is 1.33. The molecule has 1 fully saturated rings. The highest BCUT2D eigenvalue weighted by atomic mass is 16.5. The Morgan fingerprint density at radius 3 is 2.48 bits per heavy atom. The smallest absolute Gasteiger partial charge is 0.244 e. The standard InChI is InChI=1S/C17H22N6O2/c1-13(21-14-4-5-15(25-2)20-12-14)16(24)22-8-10-23(11-9-22)17-18-6-3-7-19-17/h3-7,12-13,21H,8-11H2,1-2H3/t13-/m1/s1. The van der Waals surface area contributed by atoms with Crippen molar-refractivity contribution in [2.24, 2.45) is 0 Å². The van der Waals surface area contributed by atoms with Gasteiger partial charge < -0.3 is 19.9 Å². The molecule has 0 bridgehead atoms. The number of amides is 1. The van der Waals surface area contributed by atoms with Gasteiger partial charge in [0.1, 0.15) is 6.04 Å². The minimum atomic E-state index is -0.324. The molecule has 0 saturated carbocycles. The van der Waals surface area contributed by atoms with Gasteiger partial charge in [-0.05, 0) is 19.1 Å². The number of methoxy groups -OCH3 is 1. The Morgan fingerprint density at radius 2 is 1.88 bits per heavy atom. The number of carbonyl (C=O) groups is 1. The van der Waals surface area contributed by atoms with Crippen LogP contribution in [0.2, 0.25) is 0 Å². The van der Waals surface area contributed by atoms with Crippen molar-refractivity contribution in [3.05, 3.63) is 36.8 Å². The third-order valence-corrected chi connectivity index (χ3v) is 4.13. The Morgan fingerprint density at radius 1 is 1.16 bits per heavy atom. The van der Waals surface area contributed by atoms with Gasteiger partial charge in [0.15, 0.2) is 0 Å². The van der Waals surface area contributed by atoms with Gasteiger partial charge in [-0.15, -0.1) is 0 Å². The molecule has 1 atom stereocenters. The Labute approximate surface area is 146 Å². The van der Waals surface area contributed by atoms with E-state index in [2.05, 4.69) is 25.2 Å². The fourth-order valence-electron chi connectivity index (χ4n) is 2.75. The first-order valence-corrected chi connectivity index (χ1v) is 8.24. The molecule has 3 rings (SSSR count). The molecule has 0 spiro atoms. The molecule has 1 aliphatic heterocycles. The SMILES string of the molecule is COc1ccc(N[C@H](C)C(=O)N2CCN(c3ncccn3)CC2)cn1. The van der Waals surface area contributed by atoms with Gasteiger partial charge in [0.05, 0.1) is 19.0 Å². The molecular formula is C17H22N6O2. The highest BCUT2D eigenvalue weighted by Crippen LogP contribution is 2.14. The average Bonchev–Trinajstić information content (AvgIpc) is 2.69. The van der Waals surface area contributed by atoms with Crippen molar-refractivity contribution in [1.29, 1.82) is 0 Å². The van der Waals surface area contributed by atoms with E-state index in [0.29, 0.717) is 24.9 Å². The molecule has 0 unspecified atom stereocenters. The molecule has 1 saturated heterocycles. The summed E-state index contributed by atoms with van der Waals surface area (Å²) in [5, 5.41) is 3.19. The maximum atomic E-state index is 12.6. The Bertz CT molecular complexity index is 686. The maximum Gasteiger partial charge on any atom is 0.244 e. The second-order valence-electron chi connectivity index (χ2n) is 5.82. The minimum Gasteiger partial charge on any atom is -0.481 e. The normalized spacial score (nSPS) is 15.6. The van der Waals surface area contributed by atoms with Gasteiger partial charge in [0, 0.05) is 44.6 Å². The van der Waals surface area contributed by atoms with E-state index in [4.69, 9.17) is 4.74 Å². The quantitative estimate of drug-likeness (QED) is 0.869. The lowest BCUT2D eigenvalue weighted by Crippen LogP contribution is -2.52. The van der Waals surface area contributed by atoms with Crippen LogP contribution in [0.5, 0.6) is 5.88 Å². The van der Waals surface area contributed by atoms with Crippen LogP contribution >= 0.6 is 0 Å². The largest absolute Gasteiger partial charge is 0.481 e. The maximum absolute atomic E-state index is 12.6. The van der Waals surface area contributed by atoms with E-state index in [1.165, 1.54) is 0 Å². The van der Waals surface area contributed by atoms with Crippen LogP contribution in [-0.4, -0.2) is 65.1 Å². The highest BCUT2D eigenvalue weighted by molar-refractivity contribution is 5.84. The summed E-state index contributed by atoms with van der Waals surface area (Å²) in [7, 11) is 1.57. The zero-order chi connectivity index (χ0) is 17.6. The molecule has 2 aromatic heterocycles. The van der Waals surface area contributed by atoms with Crippen LogP contribution in [0.3, 0.4) is 0 Å². The second kappa shape index (κ2) is 7.78. The first kappa shape index (κ1) is 16.9. The first-order valence-electron chi connectivity index (χ1n) is 8.24. The van der Waals surface area contributed by atoms with Gasteiger partial charge in [-0.25, -0.2) is 15.0 Å². The fourth-order valence-corrected chi connectivity index (χ4v) is 2.75. The number of aromatic nitrogens is 3. The number of rotatable bonds is 5. The van der Waals surface area contributed by atoms with Crippen molar-refractivity contribution in [1.82, 2.24) is 19.9 Å². The number of ether oxygens (including phenoxy) is 1. The van der Waals surface area contributed by atoms with Gasteiger partial charge in [-0.1, -0.05) is 0 Å². The molecule has 2 aromatic rings. The van der Waals surface area contributed by atoms with Crippen molar-refractivity contribution in [3.8, 4) is 5.88 Å². The van der Waals surface area contributed by atoms with Crippen molar-refractivity contribution >= 4 is 17.5 Å². The molecule has 25 heavy (non-hydrogen) atoms. The number of nitrogens with zero attached hydrogens (tertiary/aromatic N) is 5. The van der Waals surface area contributed by atoms with E-state index < -0.39 is 0 Å². The summed E-state index contributed by atoms with van der Waals surface area (Å²) in [6, 6.07) is 5.08. The number of pyridine rings is 1. The van der Waals surface area contributed by atoms with Crippen LogP contribution in [0.1, 0.15) is 6.92 Å². The molecule has 132 valence electrons. The van der Waals surface area contributed by atoms with Gasteiger partial charge in [0.25, 0.3) is 0 Å². The van der Waals surface area contributed by atoms with Crippen LogP contribution in [0.15, 0.2) is 36.8 Å². The predicted molar refractivity (Wildman–Crippen MR) is 94.7 cm³/mol. The van der Waals surface area contributed by atoms with Crippen molar-refractivity contribution in [3.63, 3.8) is 0 Å². The number of hydrogen-bond donors (Lipinski definition) is 1. The third kappa shape index (κ3) is 4.14. The molecule has 1 amide bonds. The summed E-state index contributed by atoms with van der Waals surface area (Å²) in [6.45, 7) is 4.63. The molecule has 8 heteroatoms. The Hall–Kier alpha value is -2.90. The Kier molecular flexibility index (Phi) is 5.27. The van der Waals surface area contributed by atoms with Crippen LogP contribution < -0.4 is 15.0 Å². The highest BCUT2D eigenvalue weighted by Gasteiger charge is 2.25. The molecule has 1 N–H and O–H groups in total. The molecule has 1 aliphatic rings. The second-order valence-corrected chi connectivity index (χ2v) is 5.82. The summed E-state index contributed by atoms with van der Waals surface area (Å²) < 4.78 is 5.03. The topological polar surface area (TPSA) is 83.5 Å². The van der Waals surface area contributed by atoms with Crippen LogP contribution in [0.25, 0.3) is 0 Å². The molecule has 0 aliphatic carbocycles. The molecule has 0 radical (unpaired) electrons. The van der Waals surface area contributed by atoms with E-state index in [0.717, 1.165) is 18.8 Å². The molecule has 8 nitrogen and oxygen atoms in total. The summed E-state index contributed by atoms with van der Waals surface area (Å²) in [6.07, 6.45) is 5.12. The number of piperazine rings is 1. The summed E-state index contributed by atoms with van der Waals surface area (Å²) in [5.41, 5.74) is 0.790. The van der Waals surface area contributed by atoms with Crippen molar-refractivity contribution < 1.29 is 9.53 Å². The predicted octanol–water partition coefficient (Wildman–Crippen LogP) is 1.03. The monoisotopic (exact) mass is 342 g/mol. The van der Waals surface area contributed by atoms with E-state index >= 15 is 0 Å². The molecular weight excluding hydrogens is 320 g/mol. The number of hydrogen-bond acceptors (Lipinski definition) is 7. The minimum absolute atomic E-state index is 0.0736. The van der Waals surface area contributed by atoms with E-state index in [9.17, 15) is 4.79 Å². The van der Waals surface area contributed by atoms with E-state index in [-0.39, 0.29) is 11.9 Å². The third-order valence-electron chi connectivity index (χ3n) is 4.13. The van der Waals surface area contributed by atoms with Gasteiger partial charge in [-0.2, -0.15) is 0 Å². The summed E-state index contributed by atoms with van der Waals surface area (Å²) >= 11 is 0. The lowest BCUT2D eigenvalue weighted by Gasteiger charge is -2.36. The average molecular weight is 342 g/mol. The van der Waals surface area contributed by atoms with Gasteiger partial charge >= 0.3 is 0 Å². The molecule has 3 heterocycles. The van der Waals surface area contributed by atoms with Crippen LogP contribution in [-0.2, 0) is 4.79 Å². The van der Waals surface area contributed by atoms with Gasteiger partial charge in [-0.3, -0.25) is 4.79 Å². The number of anilines is 2. The van der Waals surface area contributed by atoms with Crippen molar-refractivity contribution in [2.75, 3.05) is 43.5 Å². The van der Waals surface area contributed by atoms with E-state index in [1.54, 1.807) is 37.8 Å². The molecule has 0 aromatic carbocycles.